The number of nitrogens with zero attached hydrogens (tertiary/aromatic N) is 1. The van der Waals surface area contributed by atoms with E-state index in [0.717, 1.165) is 16.9 Å². The summed E-state index contributed by atoms with van der Waals surface area (Å²) >= 11 is 0.875. The molecule has 0 aliphatic rings. The molecule has 0 spiro atoms. The summed E-state index contributed by atoms with van der Waals surface area (Å²) in [7, 11) is 1.47. The van der Waals surface area contributed by atoms with Crippen LogP contribution in [0.5, 0.6) is 5.75 Å². The highest BCUT2D eigenvalue weighted by Crippen LogP contribution is 2.26. The zero-order valence-corrected chi connectivity index (χ0v) is 18.5. The van der Waals surface area contributed by atoms with E-state index in [1.54, 1.807) is 42.5 Å². The molecule has 0 bridgehead atoms. The maximum absolute atomic E-state index is 13.2. The van der Waals surface area contributed by atoms with Gasteiger partial charge in [0.2, 0.25) is 0 Å². The zero-order valence-electron chi connectivity index (χ0n) is 17.7. The molecule has 0 saturated heterocycles. The molecule has 1 heterocycles. The number of ether oxygens (including phenoxy) is 1. The monoisotopic (exact) mass is 468 g/mol. The minimum absolute atomic E-state index is 0.123. The Balaban J connectivity index is 1.75. The third-order valence-corrected chi connectivity index (χ3v) is 5.28. The molecule has 10 nitrogen and oxygen atoms in total. The molecule has 0 unspecified atom stereocenters. The van der Waals surface area contributed by atoms with E-state index >= 15 is 0 Å². The molecule has 3 amide bonds. The minimum Gasteiger partial charge on any atom is -0.496 e. The lowest BCUT2D eigenvalue weighted by Crippen LogP contribution is -2.28. The number of anilines is 2. The van der Waals surface area contributed by atoms with Crippen LogP contribution in [0.1, 0.15) is 31.2 Å². The quantitative estimate of drug-likeness (QED) is 0.371. The Bertz CT molecular complexity index is 1220. The molecule has 0 atom stereocenters. The van der Waals surface area contributed by atoms with Gasteiger partial charge in [0.15, 0.2) is 10.9 Å². The number of aryl methyl sites for hydroxylation is 1. The number of aliphatic carboxylic acids is 1. The summed E-state index contributed by atoms with van der Waals surface area (Å²) in [6.07, 6.45) is 1.22. The summed E-state index contributed by atoms with van der Waals surface area (Å²) in [5, 5.41) is 16.1. The van der Waals surface area contributed by atoms with E-state index in [9.17, 15) is 19.2 Å². The Morgan fingerprint density at radius 1 is 1.06 bits per heavy atom. The average molecular weight is 468 g/mol. The number of carbonyl (C=O) groups excluding carboxylic acids is 3. The summed E-state index contributed by atoms with van der Waals surface area (Å²) < 4.78 is 5.28. The van der Waals surface area contributed by atoms with Gasteiger partial charge in [-0.1, -0.05) is 35.1 Å². The summed E-state index contributed by atoms with van der Waals surface area (Å²) in [6, 6.07) is 11.2. The molecule has 11 heteroatoms. The average Bonchev–Trinajstić information content (AvgIpc) is 3.26. The molecule has 4 N–H and O–H groups in total. The van der Waals surface area contributed by atoms with E-state index in [2.05, 4.69) is 20.9 Å². The van der Waals surface area contributed by atoms with E-state index in [4.69, 9.17) is 9.84 Å². The largest absolute Gasteiger partial charge is 0.496 e. The molecule has 33 heavy (non-hydrogen) atoms. The van der Waals surface area contributed by atoms with Crippen LogP contribution in [0.4, 0.5) is 15.6 Å². The van der Waals surface area contributed by atoms with Crippen molar-refractivity contribution >= 4 is 45.8 Å². The first-order chi connectivity index (χ1) is 15.8. The summed E-state index contributed by atoms with van der Waals surface area (Å²) in [5.41, 5.74) is 1.75. The standard InChI is InChI=1S/C22H20N4O6S/c1-12-7-8-15(14(9-12)19(29)13-5-3-4-6-16(13)32-2)25-21(31)26-22-24-10-17(33-22)20(30)23-11-18(27)28/h3-10H,11H2,1-2H3,(H,23,30)(H,27,28)(H2,24,25,26,31). The van der Waals surface area contributed by atoms with Crippen LogP contribution in [-0.2, 0) is 4.79 Å². The SMILES string of the molecule is COc1ccccc1C(=O)c1cc(C)ccc1NC(=O)Nc1ncc(C(=O)NCC(=O)O)s1. The number of carbonyl (C=O) groups is 4. The molecule has 0 aliphatic heterocycles. The van der Waals surface area contributed by atoms with Gasteiger partial charge in [-0.2, -0.15) is 0 Å². The Labute approximate surface area is 192 Å². The number of thiazole rings is 1. The van der Waals surface area contributed by atoms with Crippen LogP contribution in [0.15, 0.2) is 48.7 Å². The van der Waals surface area contributed by atoms with E-state index in [1.807, 2.05) is 6.92 Å². The Morgan fingerprint density at radius 3 is 2.55 bits per heavy atom. The number of carboxylic acids is 1. The fourth-order valence-electron chi connectivity index (χ4n) is 2.86. The minimum atomic E-state index is -1.18. The number of amides is 3. The summed E-state index contributed by atoms with van der Waals surface area (Å²) in [5.74, 6) is -1.71. The van der Waals surface area contributed by atoms with Crippen molar-refractivity contribution in [2.24, 2.45) is 0 Å². The number of hydrogen-bond acceptors (Lipinski definition) is 7. The second-order valence-electron chi connectivity index (χ2n) is 6.76. The van der Waals surface area contributed by atoms with Gasteiger partial charge >= 0.3 is 12.0 Å². The molecular formula is C22H20N4O6S. The topological polar surface area (TPSA) is 147 Å². The predicted octanol–water partition coefficient (Wildman–Crippen LogP) is 3.15. The van der Waals surface area contributed by atoms with E-state index in [0.29, 0.717) is 11.3 Å². The maximum atomic E-state index is 13.2. The van der Waals surface area contributed by atoms with Gasteiger partial charge in [0.05, 0.1) is 24.6 Å². The molecule has 2 aromatic carbocycles. The highest BCUT2D eigenvalue weighted by molar-refractivity contribution is 7.17. The van der Waals surface area contributed by atoms with Gasteiger partial charge in [0, 0.05) is 5.56 Å². The van der Waals surface area contributed by atoms with Crippen LogP contribution in [0, 0.1) is 6.92 Å². The van der Waals surface area contributed by atoms with Crippen molar-refractivity contribution in [3.8, 4) is 5.75 Å². The number of aromatic nitrogens is 1. The van der Waals surface area contributed by atoms with Gasteiger partial charge in [-0.05, 0) is 31.2 Å². The highest BCUT2D eigenvalue weighted by atomic mass is 32.1. The second kappa shape index (κ2) is 10.4. The van der Waals surface area contributed by atoms with Crippen molar-refractivity contribution in [1.29, 1.82) is 0 Å². The van der Waals surface area contributed by atoms with Crippen LogP contribution in [0.25, 0.3) is 0 Å². The Hall–Kier alpha value is -4.25. The highest BCUT2D eigenvalue weighted by Gasteiger charge is 2.19. The van der Waals surface area contributed by atoms with Gasteiger partial charge in [-0.3, -0.25) is 19.7 Å². The van der Waals surface area contributed by atoms with Gasteiger partial charge in [0.1, 0.15) is 17.2 Å². The molecule has 3 aromatic rings. The molecular weight excluding hydrogens is 448 g/mol. The third kappa shape index (κ3) is 5.92. The molecule has 0 aliphatic carbocycles. The van der Waals surface area contributed by atoms with Crippen molar-refractivity contribution in [1.82, 2.24) is 10.3 Å². The van der Waals surface area contributed by atoms with Crippen LogP contribution in [-0.4, -0.2) is 47.4 Å². The van der Waals surface area contributed by atoms with Gasteiger partial charge in [0.25, 0.3) is 5.91 Å². The van der Waals surface area contributed by atoms with Crippen LogP contribution >= 0.6 is 11.3 Å². The fraction of sp³-hybridized carbons (Fsp3) is 0.136. The van der Waals surface area contributed by atoms with Gasteiger partial charge < -0.3 is 20.5 Å². The lowest BCUT2D eigenvalue weighted by molar-refractivity contribution is -0.135. The predicted molar refractivity (Wildman–Crippen MR) is 122 cm³/mol. The van der Waals surface area contributed by atoms with E-state index < -0.39 is 24.5 Å². The first-order valence-corrected chi connectivity index (χ1v) is 10.4. The number of ketones is 1. The number of urea groups is 1. The number of para-hydroxylation sites is 1. The summed E-state index contributed by atoms with van der Waals surface area (Å²) in [4.78, 5) is 52.2. The zero-order chi connectivity index (χ0) is 24.0. The summed E-state index contributed by atoms with van der Waals surface area (Å²) in [6.45, 7) is 1.30. The number of benzene rings is 2. The number of carboxylic acid groups (broad SMARTS) is 1. The van der Waals surface area contributed by atoms with Crippen LogP contribution in [0.3, 0.4) is 0 Å². The van der Waals surface area contributed by atoms with Gasteiger partial charge in [-0.15, -0.1) is 0 Å². The molecule has 0 fully saturated rings. The molecule has 0 radical (unpaired) electrons. The van der Waals surface area contributed by atoms with Crippen LogP contribution < -0.4 is 20.7 Å². The smallest absolute Gasteiger partial charge is 0.325 e. The van der Waals surface area contributed by atoms with Crippen molar-refractivity contribution in [2.45, 2.75) is 6.92 Å². The van der Waals surface area contributed by atoms with Crippen molar-refractivity contribution < 1.29 is 29.0 Å². The van der Waals surface area contributed by atoms with Crippen molar-refractivity contribution in [3.05, 3.63) is 70.2 Å². The maximum Gasteiger partial charge on any atom is 0.325 e. The Morgan fingerprint density at radius 2 is 1.82 bits per heavy atom. The molecule has 170 valence electrons. The molecule has 1 aromatic heterocycles. The number of nitrogens with one attached hydrogen (secondary N) is 3. The first kappa shape index (κ1) is 23.4. The lowest BCUT2D eigenvalue weighted by Gasteiger charge is -2.13. The van der Waals surface area contributed by atoms with Crippen molar-refractivity contribution in [2.75, 3.05) is 24.3 Å². The fourth-order valence-corrected chi connectivity index (χ4v) is 3.59. The second-order valence-corrected chi connectivity index (χ2v) is 7.79. The van der Waals surface area contributed by atoms with Gasteiger partial charge in [-0.25, -0.2) is 9.78 Å². The normalized spacial score (nSPS) is 10.2. The lowest BCUT2D eigenvalue weighted by atomic mass is 9.99. The Kier molecular flexibility index (Phi) is 7.36. The molecule has 0 saturated carbocycles. The third-order valence-electron chi connectivity index (χ3n) is 4.37. The first-order valence-electron chi connectivity index (χ1n) is 9.60. The molecule has 3 rings (SSSR count). The number of rotatable bonds is 8. The van der Waals surface area contributed by atoms with E-state index in [1.165, 1.54) is 13.3 Å². The van der Waals surface area contributed by atoms with Crippen LogP contribution in [0.2, 0.25) is 0 Å². The number of methoxy groups -OCH3 is 1. The van der Waals surface area contributed by atoms with E-state index in [-0.39, 0.29) is 27.0 Å². The van der Waals surface area contributed by atoms with Crippen molar-refractivity contribution in [3.63, 3.8) is 0 Å². The number of hydrogen-bond donors (Lipinski definition) is 4.